The number of carbonyl (C=O) groups is 2. The van der Waals surface area contributed by atoms with Crippen LogP contribution in [0.5, 0.6) is 0 Å². The zero-order valence-corrected chi connectivity index (χ0v) is 12.5. The van der Waals surface area contributed by atoms with Gasteiger partial charge in [-0.15, -0.1) is 0 Å². The van der Waals surface area contributed by atoms with Crippen LogP contribution in [-0.2, 0) is 9.53 Å². The van der Waals surface area contributed by atoms with Gasteiger partial charge in [0.05, 0.1) is 17.6 Å². The van der Waals surface area contributed by atoms with Crippen LogP contribution in [0.15, 0.2) is 33.2 Å². The normalized spacial score (nSPS) is 18.9. The molecule has 0 radical (unpaired) electrons. The molecule has 21 heavy (non-hydrogen) atoms. The minimum absolute atomic E-state index is 0.0202. The second kappa shape index (κ2) is 5.50. The highest BCUT2D eigenvalue weighted by Crippen LogP contribution is 2.27. The molecule has 1 atom stereocenters. The molecule has 2 heterocycles. The van der Waals surface area contributed by atoms with Crippen molar-refractivity contribution >= 4 is 38.8 Å². The lowest BCUT2D eigenvalue weighted by molar-refractivity contribution is -0.154. The fourth-order valence-corrected chi connectivity index (χ4v) is 2.73. The van der Waals surface area contributed by atoms with E-state index in [-0.39, 0.29) is 24.8 Å². The molecule has 1 aliphatic heterocycles. The molecule has 6 nitrogen and oxygen atoms in total. The Balaban J connectivity index is 1.86. The number of benzene rings is 1. The molecule has 7 heteroatoms. The number of para-hydroxylation sites is 1. The second-order valence-electron chi connectivity index (χ2n) is 4.72. The molecular weight excluding hydrogens is 342 g/mol. The quantitative estimate of drug-likeness (QED) is 0.894. The first kappa shape index (κ1) is 14.1. The van der Waals surface area contributed by atoms with Gasteiger partial charge in [0, 0.05) is 11.9 Å². The predicted molar refractivity (Wildman–Crippen MR) is 77.2 cm³/mol. The topological polar surface area (TPSA) is 80.0 Å². The number of carbonyl (C=O) groups excluding carboxylic acids is 1. The van der Waals surface area contributed by atoms with Crippen molar-refractivity contribution in [3.8, 4) is 0 Å². The van der Waals surface area contributed by atoms with Crippen molar-refractivity contribution in [3.05, 3.63) is 34.5 Å². The molecule has 0 aliphatic carbocycles. The van der Waals surface area contributed by atoms with Gasteiger partial charge >= 0.3 is 5.97 Å². The van der Waals surface area contributed by atoms with Gasteiger partial charge < -0.3 is 19.2 Å². The maximum atomic E-state index is 12.4. The standard InChI is InChI=1S/C14H12BrNO5/c15-9-3-1-2-8-6-10(21-12(8)9)13(17)16-4-5-20-11(7-16)14(18)19/h1-3,6,11H,4-5,7H2,(H,18,19)/t11-/m1/s1. The van der Waals surface area contributed by atoms with Crippen LogP contribution in [0.2, 0.25) is 0 Å². The summed E-state index contributed by atoms with van der Waals surface area (Å²) in [5, 5.41) is 9.78. The third kappa shape index (κ3) is 2.66. The molecule has 0 bridgehead atoms. The van der Waals surface area contributed by atoms with E-state index in [2.05, 4.69) is 15.9 Å². The maximum absolute atomic E-state index is 12.4. The number of carboxylic acids is 1. The average Bonchev–Trinajstić information content (AvgIpc) is 2.92. The smallest absolute Gasteiger partial charge is 0.334 e. The lowest BCUT2D eigenvalue weighted by atomic mass is 10.2. The summed E-state index contributed by atoms with van der Waals surface area (Å²) in [4.78, 5) is 24.8. The lowest BCUT2D eigenvalue weighted by Crippen LogP contribution is -2.48. The first-order chi connectivity index (χ1) is 10.1. The van der Waals surface area contributed by atoms with E-state index < -0.39 is 12.1 Å². The Labute approximate surface area is 128 Å². The number of hydrogen-bond acceptors (Lipinski definition) is 4. The third-order valence-corrected chi connectivity index (χ3v) is 3.96. The molecule has 0 saturated carbocycles. The second-order valence-corrected chi connectivity index (χ2v) is 5.57. The van der Waals surface area contributed by atoms with Crippen LogP contribution in [0.4, 0.5) is 0 Å². The van der Waals surface area contributed by atoms with E-state index in [0.717, 1.165) is 9.86 Å². The molecule has 2 aromatic rings. The summed E-state index contributed by atoms with van der Waals surface area (Å²) < 4.78 is 11.5. The molecule has 3 rings (SSSR count). The van der Waals surface area contributed by atoms with Crippen LogP contribution in [-0.4, -0.2) is 47.7 Å². The van der Waals surface area contributed by atoms with Crippen molar-refractivity contribution in [1.82, 2.24) is 4.90 Å². The van der Waals surface area contributed by atoms with Crippen LogP contribution in [0.25, 0.3) is 11.0 Å². The zero-order chi connectivity index (χ0) is 15.0. The Hall–Kier alpha value is -1.86. The van der Waals surface area contributed by atoms with Crippen LogP contribution < -0.4 is 0 Å². The first-order valence-corrected chi connectivity index (χ1v) is 7.17. The molecular formula is C14H12BrNO5. The summed E-state index contributed by atoms with van der Waals surface area (Å²) in [7, 11) is 0. The van der Waals surface area contributed by atoms with Crippen molar-refractivity contribution in [2.75, 3.05) is 19.7 Å². The number of nitrogens with zero attached hydrogens (tertiary/aromatic N) is 1. The number of hydrogen-bond donors (Lipinski definition) is 1. The van der Waals surface area contributed by atoms with E-state index in [9.17, 15) is 9.59 Å². The van der Waals surface area contributed by atoms with E-state index in [1.807, 2.05) is 18.2 Å². The van der Waals surface area contributed by atoms with Gasteiger partial charge in [-0.25, -0.2) is 4.79 Å². The van der Waals surface area contributed by atoms with Crippen LogP contribution in [0.1, 0.15) is 10.6 Å². The highest BCUT2D eigenvalue weighted by atomic mass is 79.9. The average molecular weight is 354 g/mol. The molecule has 1 aliphatic rings. The van der Waals surface area contributed by atoms with Crippen molar-refractivity contribution in [2.24, 2.45) is 0 Å². The summed E-state index contributed by atoms with van der Waals surface area (Å²) in [6.07, 6.45) is -0.987. The van der Waals surface area contributed by atoms with E-state index >= 15 is 0 Å². The van der Waals surface area contributed by atoms with Gasteiger partial charge in [0.25, 0.3) is 5.91 Å². The van der Waals surface area contributed by atoms with Crippen LogP contribution in [0.3, 0.4) is 0 Å². The third-order valence-electron chi connectivity index (χ3n) is 3.34. The summed E-state index contributed by atoms with van der Waals surface area (Å²) in [6.45, 7) is 0.569. The van der Waals surface area contributed by atoms with Gasteiger partial charge in [-0.05, 0) is 28.1 Å². The van der Waals surface area contributed by atoms with Crippen LogP contribution in [0, 0.1) is 0 Å². The molecule has 110 valence electrons. The number of ether oxygens (including phenoxy) is 1. The number of rotatable bonds is 2. The summed E-state index contributed by atoms with van der Waals surface area (Å²) >= 11 is 3.37. The number of amides is 1. The van der Waals surface area contributed by atoms with E-state index in [1.165, 1.54) is 4.90 Å². The Bertz CT molecular complexity index is 710. The molecule has 1 saturated heterocycles. The van der Waals surface area contributed by atoms with Crippen LogP contribution >= 0.6 is 15.9 Å². The van der Waals surface area contributed by atoms with Crippen molar-refractivity contribution in [1.29, 1.82) is 0 Å². The fraction of sp³-hybridized carbons (Fsp3) is 0.286. The Kier molecular flexibility index (Phi) is 3.69. The zero-order valence-electron chi connectivity index (χ0n) is 10.9. The van der Waals surface area contributed by atoms with Gasteiger partial charge in [-0.3, -0.25) is 4.79 Å². The van der Waals surface area contributed by atoms with Crippen molar-refractivity contribution in [3.63, 3.8) is 0 Å². The predicted octanol–water partition coefficient (Wildman–Crippen LogP) is 2.12. The SMILES string of the molecule is O=C(O)[C@H]1CN(C(=O)c2cc3cccc(Br)c3o2)CCO1. The number of fused-ring (bicyclic) bond motifs is 1. The highest BCUT2D eigenvalue weighted by molar-refractivity contribution is 9.10. The highest BCUT2D eigenvalue weighted by Gasteiger charge is 2.30. The number of aliphatic carboxylic acids is 1. The summed E-state index contributed by atoms with van der Waals surface area (Å²) in [5.41, 5.74) is 0.601. The molecule has 1 N–H and O–H groups in total. The number of carboxylic acid groups (broad SMARTS) is 1. The Morgan fingerprint density at radius 3 is 2.90 bits per heavy atom. The van der Waals surface area contributed by atoms with E-state index in [4.69, 9.17) is 14.3 Å². The molecule has 1 amide bonds. The summed E-state index contributed by atoms with van der Waals surface area (Å²) in [6, 6.07) is 7.19. The Morgan fingerprint density at radius 2 is 2.19 bits per heavy atom. The molecule has 1 fully saturated rings. The molecule has 1 aromatic heterocycles. The van der Waals surface area contributed by atoms with Crippen molar-refractivity contribution < 1.29 is 23.8 Å². The maximum Gasteiger partial charge on any atom is 0.334 e. The van der Waals surface area contributed by atoms with E-state index in [1.54, 1.807) is 6.07 Å². The van der Waals surface area contributed by atoms with Crippen molar-refractivity contribution in [2.45, 2.75) is 6.10 Å². The van der Waals surface area contributed by atoms with Gasteiger partial charge in [0.2, 0.25) is 0 Å². The Morgan fingerprint density at radius 1 is 1.38 bits per heavy atom. The fourth-order valence-electron chi connectivity index (χ4n) is 2.27. The number of halogens is 1. The molecule has 0 unspecified atom stereocenters. The largest absolute Gasteiger partial charge is 0.479 e. The lowest BCUT2D eigenvalue weighted by Gasteiger charge is -2.30. The minimum Gasteiger partial charge on any atom is -0.479 e. The van der Waals surface area contributed by atoms with Gasteiger partial charge in [-0.2, -0.15) is 0 Å². The molecule has 1 aromatic carbocycles. The number of morpholine rings is 1. The monoisotopic (exact) mass is 353 g/mol. The van der Waals surface area contributed by atoms with Gasteiger partial charge in [-0.1, -0.05) is 12.1 Å². The molecule has 0 spiro atoms. The number of furan rings is 1. The first-order valence-electron chi connectivity index (χ1n) is 6.38. The minimum atomic E-state index is -1.07. The summed E-state index contributed by atoms with van der Waals surface area (Å²) in [5.74, 6) is -1.20. The van der Waals surface area contributed by atoms with Gasteiger partial charge in [0.1, 0.15) is 5.58 Å². The van der Waals surface area contributed by atoms with Gasteiger partial charge in [0.15, 0.2) is 11.9 Å². The van der Waals surface area contributed by atoms with E-state index in [0.29, 0.717) is 12.1 Å².